The molecule has 2 heterocycles. The highest BCUT2D eigenvalue weighted by molar-refractivity contribution is 7.11. The number of rotatable bonds is 5. The van der Waals surface area contributed by atoms with Gasteiger partial charge in [-0.3, -0.25) is 4.90 Å². The maximum Gasteiger partial charge on any atom is 0.0959 e. The van der Waals surface area contributed by atoms with Crippen LogP contribution < -0.4 is 5.32 Å². The fourth-order valence-electron chi connectivity index (χ4n) is 2.86. The third-order valence-corrected chi connectivity index (χ3v) is 5.18. The van der Waals surface area contributed by atoms with Gasteiger partial charge in [-0.15, -0.1) is 11.3 Å². The summed E-state index contributed by atoms with van der Waals surface area (Å²) in [5.74, 6) is 0.805. The van der Waals surface area contributed by atoms with Crippen LogP contribution in [-0.2, 0) is 6.54 Å². The molecule has 0 radical (unpaired) electrons. The van der Waals surface area contributed by atoms with Gasteiger partial charge in [-0.05, 0) is 25.7 Å². The summed E-state index contributed by atoms with van der Waals surface area (Å²) >= 11 is 1.94. The summed E-state index contributed by atoms with van der Waals surface area (Å²) in [6.07, 6.45) is 7.40. The highest BCUT2D eigenvalue weighted by atomic mass is 32.1. The van der Waals surface area contributed by atoms with Crippen LogP contribution in [0, 0.1) is 0 Å². The molecule has 1 aromatic rings. The van der Waals surface area contributed by atoms with E-state index in [9.17, 15) is 0 Å². The molecule has 0 amide bonds. The minimum Gasteiger partial charge on any atom is -0.312 e. The first-order chi connectivity index (χ1) is 9.20. The summed E-state index contributed by atoms with van der Waals surface area (Å²) in [6, 6.07) is 1.33. The van der Waals surface area contributed by atoms with Crippen LogP contribution in [-0.4, -0.2) is 35.1 Å². The fraction of sp³-hybridized carbons (Fsp3) is 0.800. The Morgan fingerprint density at radius 1 is 1.32 bits per heavy atom. The van der Waals surface area contributed by atoms with Crippen LogP contribution in [0.5, 0.6) is 0 Å². The SMILES string of the molecule is CC(C)NC1CCN(Cc2cnc(C3CC3)s2)CC1. The molecule has 0 spiro atoms. The molecule has 1 saturated heterocycles. The monoisotopic (exact) mass is 279 g/mol. The Kier molecular flexibility index (Phi) is 4.20. The molecule has 0 aromatic carbocycles. The smallest absolute Gasteiger partial charge is 0.0959 e. The molecule has 3 nitrogen and oxygen atoms in total. The molecule has 1 saturated carbocycles. The number of aromatic nitrogens is 1. The van der Waals surface area contributed by atoms with E-state index in [0.29, 0.717) is 6.04 Å². The van der Waals surface area contributed by atoms with Crippen molar-refractivity contribution in [2.75, 3.05) is 13.1 Å². The number of hydrogen-bond donors (Lipinski definition) is 1. The molecule has 0 unspecified atom stereocenters. The van der Waals surface area contributed by atoms with E-state index < -0.39 is 0 Å². The fourth-order valence-corrected chi connectivity index (χ4v) is 3.99. The van der Waals surface area contributed by atoms with Crippen LogP contribution in [0.3, 0.4) is 0 Å². The standard InChI is InChI=1S/C15H25N3S/c1-11(2)17-13-5-7-18(8-6-13)10-14-9-16-15(19-14)12-3-4-12/h9,11-13,17H,3-8,10H2,1-2H3. The molecule has 2 fully saturated rings. The zero-order chi connectivity index (χ0) is 13.2. The molecule has 0 bridgehead atoms. The van der Waals surface area contributed by atoms with Gasteiger partial charge in [0.2, 0.25) is 0 Å². The summed E-state index contributed by atoms with van der Waals surface area (Å²) < 4.78 is 0. The lowest BCUT2D eigenvalue weighted by molar-refractivity contribution is 0.188. The first-order valence-electron chi connectivity index (χ1n) is 7.63. The molecule has 1 aliphatic heterocycles. The molecular formula is C15H25N3S. The zero-order valence-electron chi connectivity index (χ0n) is 12.1. The average molecular weight is 279 g/mol. The normalized spacial score (nSPS) is 22.3. The predicted molar refractivity (Wildman–Crippen MR) is 80.7 cm³/mol. The van der Waals surface area contributed by atoms with Gasteiger partial charge in [0, 0.05) is 48.7 Å². The van der Waals surface area contributed by atoms with Crippen LogP contribution in [0.4, 0.5) is 0 Å². The lowest BCUT2D eigenvalue weighted by Gasteiger charge is -2.33. The number of likely N-dealkylation sites (tertiary alicyclic amines) is 1. The Bertz CT molecular complexity index is 403. The number of piperidine rings is 1. The molecule has 4 heteroatoms. The van der Waals surface area contributed by atoms with Crippen LogP contribution in [0.2, 0.25) is 0 Å². The van der Waals surface area contributed by atoms with E-state index in [1.54, 1.807) is 0 Å². The van der Waals surface area contributed by atoms with E-state index in [0.717, 1.165) is 18.5 Å². The van der Waals surface area contributed by atoms with Gasteiger partial charge < -0.3 is 5.32 Å². The summed E-state index contributed by atoms with van der Waals surface area (Å²) in [5.41, 5.74) is 0. The van der Waals surface area contributed by atoms with Crippen molar-refractivity contribution in [1.29, 1.82) is 0 Å². The van der Waals surface area contributed by atoms with E-state index in [4.69, 9.17) is 0 Å². The molecule has 1 aromatic heterocycles. The topological polar surface area (TPSA) is 28.2 Å². The van der Waals surface area contributed by atoms with Crippen molar-refractivity contribution >= 4 is 11.3 Å². The zero-order valence-corrected chi connectivity index (χ0v) is 12.9. The van der Waals surface area contributed by atoms with Crippen molar-refractivity contribution in [2.45, 2.75) is 64.1 Å². The van der Waals surface area contributed by atoms with E-state index in [1.807, 2.05) is 11.3 Å². The van der Waals surface area contributed by atoms with Gasteiger partial charge in [-0.2, -0.15) is 0 Å². The largest absolute Gasteiger partial charge is 0.312 e. The van der Waals surface area contributed by atoms with E-state index >= 15 is 0 Å². The second-order valence-corrected chi connectivity index (χ2v) is 7.46. The Balaban J connectivity index is 1.46. The first-order valence-corrected chi connectivity index (χ1v) is 8.45. The molecule has 2 aliphatic rings. The third-order valence-electron chi connectivity index (χ3n) is 4.03. The average Bonchev–Trinajstić information content (AvgIpc) is 3.12. The minimum absolute atomic E-state index is 0.610. The summed E-state index contributed by atoms with van der Waals surface area (Å²) in [4.78, 5) is 8.62. The van der Waals surface area contributed by atoms with Gasteiger partial charge in [-0.25, -0.2) is 4.98 Å². The number of hydrogen-bond acceptors (Lipinski definition) is 4. The van der Waals surface area contributed by atoms with Crippen LogP contribution >= 0.6 is 11.3 Å². The van der Waals surface area contributed by atoms with Crippen molar-refractivity contribution in [3.8, 4) is 0 Å². The number of nitrogens with zero attached hydrogens (tertiary/aromatic N) is 2. The summed E-state index contributed by atoms with van der Waals surface area (Å²) in [5, 5.41) is 5.04. The highest BCUT2D eigenvalue weighted by Gasteiger charge is 2.27. The van der Waals surface area contributed by atoms with E-state index in [2.05, 4.69) is 35.2 Å². The van der Waals surface area contributed by atoms with E-state index in [-0.39, 0.29) is 0 Å². The predicted octanol–water partition coefficient (Wildman–Crippen LogP) is 2.98. The van der Waals surface area contributed by atoms with Gasteiger partial charge >= 0.3 is 0 Å². The lowest BCUT2D eigenvalue weighted by Crippen LogP contribution is -2.44. The summed E-state index contributed by atoms with van der Waals surface area (Å²) in [6.45, 7) is 8.03. The van der Waals surface area contributed by atoms with Crippen LogP contribution in [0.1, 0.15) is 55.3 Å². The van der Waals surface area contributed by atoms with Crippen LogP contribution in [0.25, 0.3) is 0 Å². The Morgan fingerprint density at radius 3 is 2.68 bits per heavy atom. The molecule has 0 atom stereocenters. The Morgan fingerprint density at radius 2 is 2.05 bits per heavy atom. The Labute approximate surface area is 120 Å². The van der Waals surface area contributed by atoms with Crippen molar-refractivity contribution < 1.29 is 0 Å². The van der Waals surface area contributed by atoms with Gasteiger partial charge in [0.1, 0.15) is 0 Å². The molecule has 19 heavy (non-hydrogen) atoms. The van der Waals surface area contributed by atoms with Crippen molar-refractivity contribution in [1.82, 2.24) is 15.2 Å². The second kappa shape index (κ2) is 5.90. The molecular weight excluding hydrogens is 254 g/mol. The van der Waals surface area contributed by atoms with Crippen molar-refractivity contribution in [3.05, 3.63) is 16.1 Å². The Hall–Kier alpha value is -0.450. The van der Waals surface area contributed by atoms with Crippen molar-refractivity contribution in [2.24, 2.45) is 0 Å². The maximum atomic E-state index is 4.58. The van der Waals surface area contributed by atoms with Gasteiger partial charge in [0.05, 0.1) is 5.01 Å². The third kappa shape index (κ3) is 3.77. The molecule has 3 rings (SSSR count). The van der Waals surface area contributed by atoms with Gasteiger partial charge in [0.15, 0.2) is 0 Å². The number of thiazole rings is 1. The molecule has 1 N–H and O–H groups in total. The number of nitrogens with one attached hydrogen (secondary N) is 1. The molecule has 106 valence electrons. The maximum absolute atomic E-state index is 4.58. The van der Waals surface area contributed by atoms with E-state index in [1.165, 1.54) is 48.7 Å². The molecule has 1 aliphatic carbocycles. The minimum atomic E-state index is 0.610. The van der Waals surface area contributed by atoms with Crippen LogP contribution in [0.15, 0.2) is 6.20 Å². The first kappa shape index (κ1) is 13.5. The van der Waals surface area contributed by atoms with Gasteiger partial charge in [-0.1, -0.05) is 13.8 Å². The lowest BCUT2D eigenvalue weighted by atomic mass is 10.0. The van der Waals surface area contributed by atoms with Crippen molar-refractivity contribution in [3.63, 3.8) is 0 Å². The van der Waals surface area contributed by atoms with Gasteiger partial charge in [0.25, 0.3) is 0 Å². The summed E-state index contributed by atoms with van der Waals surface area (Å²) in [7, 11) is 0. The second-order valence-electron chi connectivity index (χ2n) is 6.31. The highest BCUT2D eigenvalue weighted by Crippen LogP contribution is 2.41. The quantitative estimate of drug-likeness (QED) is 0.898.